The van der Waals surface area contributed by atoms with Gasteiger partial charge in [-0.2, -0.15) is 0 Å². The van der Waals surface area contributed by atoms with Crippen LogP contribution in [-0.2, 0) is 0 Å². The first kappa shape index (κ1) is 9.84. The van der Waals surface area contributed by atoms with Gasteiger partial charge in [-0.3, -0.25) is 4.79 Å². The van der Waals surface area contributed by atoms with Crippen molar-refractivity contribution in [2.24, 2.45) is 0 Å². The lowest BCUT2D eigenvalue weighted by Crippen LogP contribution is -2.01. The van der Waals surface area contributed by atoms with Gasteiger partial charge in [-0.15, -0.1) is 0 Å². The second-order valence-electron chi connectivity index (χ2n) is 3.86. The summed E-state index contributed by atoms with van der Waals surface area (Å²) in [4.78, 5) is 15.8. The monoisotopic (exact) mass is 199 g/mol. The minimum atomic E-state index is 0.0256. The molecule has 2 heteroatoms. The Hall–Kier alpha value is -1.70. The van der Waals surface area contributed by atoms with Crippen LogP contribution in [0.25, 0.3) is 10.9 Å². The van der Waals surface area contributed by atoms with Gasteiger partial charge in [0.1, 0.15) is 5.69 Å². The highest BCUT2D eigenvalue weighted by Crippen LogP contribution is 2.19. The highest BCUT2D eigenvalue weighted by Gasteiger charge is 2.08. The minimum absolute atomic E-state index is 0.0256. The Morgan fingerprint density at radius 1 is 1.20 bits per heavy atom. The molecule has 0 N–H and O–H groups in total. The molecule has 0 bridgehead atoms. The molecule has 2 nitrogen and oxygen atoms in total. The van der Waals surface area contributed by atoms with Gasteiger partial charge in [-0.25, -0.2) is 4.98 Å². The van der Waals surface area contributed by atoms with E-state index >= 15 is 0 Å². The number of para-hydroxylation sites is 1. The smallest absolute Gasteiger partial charge is 0.178 e. The molecular formula is C13H13NO. The molecule has 1 aromatic heterocycles. The van der Waals surface area contributed by atoms with Crippen molar-refractivity contribution in [1.29, 1.82) is 0 Å². The Kier molecular flexibility index (Phi) is 2.27. The van der Waals surface area contributed by atoms with E-state index in [1.807, 2.05) is 38.1 Å². The maximum Gasteiger partial charge on any atom is 0.178 e. The fourth-order valence-electron chi connectivity index (χ4n) is 1.81. The Labute approximate surface area is 89.0 Å². The van der Waals surface area contributed by atoms with Crippen LogP contribution in [0.15, 0.2) is 24.3 Å². The number of pyridine rings is 1. The third kappa shape index (κ3) is 1.63. The van der Waals surface area contributed by atoms with E-state index in [-0.39, 0.29) is 5.78 Å². The van der Waals surface area contributed by atoms with Crippen LogP contribution in [-0.4, -0.2) is 10.8 Å². The van der Waals surface area contributed by atoms with Crippen molar-refractivity contribution in [3.8, 4) is 0 Å². The number of hydrogen-bond donors (Lipinski definition) is 0. The fourth-order valence-corrected chi connectivity index (χ4v) is 1.81. The van der Waals surface area contributed by atoms with Crippen molar-refractivity contribution in [3.05, 3.63) is 41.1 Å². The second kappa shape index (κ2) is 3.46. The van der Waals surface area contributed by atoms with Crippen LogP contribution in [0.4, 0.5) is 0 Å². The van der Waals surface area contributed by atoms with Gasteiger partial charge in [0.15, 0.2) is 5.78 Å². The van der Waals surface area contributed by atoms with Crippen LogP contribution >= 0.6 is 0 Å². The van der Waals surface area contributed by atoms with Gasteiger partial charge in [-0.05, 0) is 31.0 Å². The molecule has 2 rings (SSSR count). The molecule has 2 aromatic rings. The third-order valence-electron chi connectivity index (χ3n) is 2.57. The molecule has 0 fully saturated rings. The van der Waals surface area contributed by atoms with Gasteiger partial charge in [0.25, 0.3) is 0 Å². The Morgan fingerprint density at radius 2 is 1.93 bits per heavy atom. The number of fused-ring (bicyclic) bond motifs is 1. The van der Waals surface area contributed by atoms with Crippen LogP contribution in [0.3, 0.4) is 0 Å². The number of aromatic nitrogens is 1. The Bertz CT molecular complexity index is 543. The maximum absolute atomic E-state index is 11.4. The van der Waals surface area contributed by atoms with Gasteiger partial charge in [0.05, 0.1) is 5.52 Å². The van der Waals surface area contributed by atoms with E-state index in [2.05, 4.69) is 4.98 Å². The topological polar surface area (TPSA) is 30.0 Å². The van der Waals surface area contributed by atoms with E-state index in [4.69, 9.17) is 0 Å². The lowest BCUT2D eigenvalue weighted by atomic mass is 10.1. The Morgan fingerprint density at radius 3 is 2.60 bits per heavy atom. The number of aryl methyl sites for hydroxylation is 2. The number of carbonyl (C=O) groups excluding carboxylic acids is 1. The highest BCUT2D eigenvalue weighted by atomic mass is 16.1. The summed E-state index contributed by atoms with van der Waals surface area (Å²) in [6, 6.07) is 8.05. The molecule has 0 aliphatic carbocycles. The van der Waals surface area contributed by atoms with E-state index in [1.165, 1.54) is 0 Å². The minimum Gasteiger partial charge on any atom is -0.293 e. The molecule has 1 aromatic carbocycles. The average molecular weight is 199 g/mol. The summed E-state index contributed by atoms with van der Waals surface area (Å²) in [5.74, 6) is 0.0256. The van der Waals surface area contributed by atoms with Crippen molar-refractivity contribution >= 4 is 16.7 Å². The van der Waals surface area contributed by atoms with E-state index in [0.29, 0.717) is 5.69 Å². The van der Waals surface area contributed by atoms with Crippen LogP contribution in [0.1, 0.15) is 28.5 Å². The second-order valence-corrected chi connectivity index (χ2v) is 3.86. The lowest BCUT2D eigenvalue weighted by molar-refractivity contribution is 0.101. The zero-order chi connectivity index (χ0) is 11.0. The number of ketones is 1. The molecule has 1 heterocycles. The summed E-state index contributed by atoms with van der Waals surface area (Å²) in [6.45, 7) is 5.49. The van der Waals surface area contributed by atoms with E-state index in [1.54, 1.807) is 6.92 Å². The molecule has 0 spiro atoms. The summed E-state index contributed by atoms with van der Waals surface area (Å²) in [5.41, 5.74) is 3.56. The van der Waals surface area contributed by atoms with Gasteiger partial charge in [0, 0.05) is 12.3 Å². The molecule has 0 amide bonds. The number of carbonyl (C=O) groups is 1. The summed E-state index contributed by atoms with van der Waals surface area (Å²) >= 11 is 0. The maximum atomic E-state index is 11.4. The molecule has 0 saturated heterocycles. The van der Waals surface area contributed by atoms with Gasteiger partial charge < -0.3 is 0 Å². The molecule has 0 aliphatic rings. The summed E-state index contributed by atoms with van der Waals surface area (Å²) in [5, 5.41) is 1.09. The predicted molar refractivity (Wildman–Crippen MR) is 61.2 cm³/mol. The molecule has 0 saturated carbocycles. The molecule has 0 atom stereocenters. The number of Topliss-reactive ketones (excluding diaryl/α,β-unsaturated/α-hetero) is 1. The number of nitrogens with zero attached hydrogens (tertiary/aromatic N) is 1. The Balaban J connectivity index is 2.83. The van der Waals surface area contributed by atoms with Gasteiger partial charge in [-0.1, -0.05) is 18.2 Å². The normalized spacial score (nSPS) is 10.6. The zero-order valence-corrected chi connectivity index (χ0v) is 9.16. The van der Waals surface area contributed by atoms with E-state index in [0.717, 1.165) is 22.0 Å². The first-order valence-electron chi connectivity index (χ1n) is 4.97. The fraction of sp³-hybridized carbons (Fsp3) is 0.231. The first-order valence-corrected chi connectivity index (χ1v) is 4.97. The van der Waals surface area contributed by atoms with Crippen molar-refractivity contribution in [2.45, 2.75) is 20.8 Å². The molecule has 0 unspecified atom stereocenters. The van der Waals surface area contributed by atoms with Crippen LogP contribution < -0.4 is 0 Å². The summed E-state index contributed by atoms with van der Waals surface area (Å²) < 4.78 is 0. The van der Waals surface area contributed by atoms with Crippen molar-refractivity contribution in [1.82, 2.24) is 4.98 Å². The summed E-state index contributed by atoms with van der Waals surface area (Å²) in [7, 11) is 0. The zero-order valence-electron chi connectivity index (χ0n) is 9.16. The predicted octanol–water partition coefficient (Wildman–Crippen LogP) is 3.05. The lowest BCUT2D eigenvalue weighted by Gasteiger charge is -2.06. The molecule has 15 heavy (non-hydrogen) atoms. The number of rotatable bonds is 1. The molecule has 76 valence electrons. The molecule has 0 aliphatic heterocycles. The number of benzene rings is 1. The quantitative estimate of drug-likeness (QED) is 0.661. The SMILES string of the molecule is CC(=O)c1nc2c(C)cccc2cc1C. The van der Waals surface area contributed by atoms with Crippen molar-refractivity contribution in [3.63, 3.8) is 0 Å². The standard InChI is InChI=1S/C13H13NO/c1-8-5-4-6-11-7-9(2)12(10(3)15)14-13(8)11/h4-7H,1-3H3. The average Bonchev–Trinajstić information content (AvgIpc) is 2.16. The largest absolute Gasteiger partial charge is 0.293 e. The molecule has 0 radical (unpaired) electrons. The summed E-state index contributed by atoms with van der Waals surface area (Å²) in [6.07, 6.45) is 0. The first-order chi connectivity index (χ1) is 7.09. The van der Waals surface area contributed by atoms with Crippen LogP contribution in [0.5, 0.6) is 0 Å². The van der Waals surface area contributed by atoms with Crippen LogP contribution in [0.2, 0.25) is 0 Å². The molecular weight excluding hydrogens is 186 g/mol. The third-order valence-corrected chi connectivity index (χ3v) is 2.57. The highest BCUT2D eigenvalue weighted by molar-refractivity contribution is 5.96. The van der Waals surface area contributed by atoms with Gasteiger partial charge >= 0.3 is 0 Å². The van der Waals surface area contributed by atoms with Gasteiger partial charge in [0.2, 0.25) is 0 Å². The van der Waals surface area contributed by atoms with Crippen molar-refractivity contribution in [2.75, 3.05) is 0 Å². The van der Waals surface area contributed by atoms with E-state index in [9.17, 15) is 4.79 Å². The van der Waals surface area contributed by atoms with E-state index < -0.39 is 0 Å². The van der Waals surface area contributed by atoms with Crippen LogP contribution in [0, 0.1) is 13.8 Å². The number of hydrogen-bond acceptors (Lipinski definition) is 2. The van der Waals surface area contributed by atoms with Crippen molar-refractivity contribution < 1.29 is 4.79 Å².